The summed E-state index contributed by atoms with van der Waals surface area (Å²) in [5.41, 5.74) is 6.38. The van der Waals surface area contributed by atoms with Crippen LogP contribution in [0.1, 0.15) is 54.7 Å². The standard InChI is InChI=1S/C21H23NO4.C14H14O2/c1-13(2)11-19(20(23)24)22-21(25)26-12-18-16-9-5-3-7-14(16)15-8-4-6-10-17(15)18;15-14(13-9-5-2-6-10-13)16-11-12-7-3-1-4-8-12/h3-10,13,18-19H,11-12H2,1-2H3,(H,22,25)(H,23,24);1-10,14-15H,11H2/t19-;/m0./s1. The van der Waals surface area contributed by atoms with E-state index in [1.807, 2.05) is 111 Å². The molecule has 0 aromatic heterocycles. The first-order chi connectivity index (χ1) is 20.3. The molecule has 0 fully saturated rings. The van der Waals surface area contributed by atoms with E-state index < -0.39 is 24.4 Å². The normalized spacial score (nSPS) is 13.2. The van der Waals surface area contributed by atoms with Crippen LogP contribution in [0.3, 0.4) is 0 Å². The van der Waals surface area contributed by atoms with Crippen molar-refractivity contribution >= 4 is 12.1 Å². The minimum absolute atomic E-state index is 0.0403. The fourth-order valence-corrected chi connectivity index (χ4v) is 4.94. The van der Waals surface area contributed by atoms with Gasteiger partial charge in [-0.2, -0.15) is 0 Å². The predicted octanol–water partition coefficient (Wildman–Crippen LogP) is 6.92. The van der Waals surface area contributed by atoms with Gasteiger partial charge in [0.05, 0.1) is 6.61 Å². The van der Waals surface area contributed by atoms with Crippen molar-refractivity contribution in [3.8, 4) is 11.1 Å². The van der Waals surface area contributed by atoms with Crippen molar-refractivity contribution < 1.29 is 29.3 Å². The number of rotatable bonds is 10. The van der Waals surface area contributed by atoms with E-state index >= 15 is 0 Å². The van der Waals surface area contributed by atoms with Gasteiger partial charge in [0.15, 0.2) is 6.29 Å². The molecule has 0 bridgehead atoms. The van der Waals surface area contributed by atoms with Crippen LogP contribution < -0.4 is 5.32 Å². The maximum atomic E-state index is 12.1. The number of aliphatic carboxylic acids is 1. The van der Waals surface area contributed by atoms with Crippen LogP contribution >= 0.6 is 0 Å². The maximum absolute atomic E-state index is 12.1. The Balaban J connectivity index is 0.000000216. The Morgan fingerprint density at radius 2 is 1.31 bits per heavy atom. The van der Waals surface area contributed by atoms with Gasteiger partial charge < -0.3 is 25.0 Å². The molecule has 0 spiro atoms. The molecule has 0 saturated heterocycles. The molecule has 42 heavy (non-hydrogen) atoms. The van der Waals surface area contributed by atoms with E-state index in [0.717, 1.165) is 33.4 Å². The van der Waals surface area contributed by atoms with Gasteiger partial charge in [-0.05, 0) is 40.2 Å². The first kappa shape index (κ1) is 30.5. The van der Waals surface area contributed by atoms with Gasteiger partial charge in [0.25, 0.3) is 0 Å². The Bertz CT molecular complexity index is 1390. The third-order valence-corrected chi connectivity index (χ3v) is 6.98. The highest BCUT2D eigenvalue weighted by Gasteiger charge is 2.29. The molecule has 0 heterocycles. The summed E-state index contributed by atoms with van der Waals surface area (Å²) in [5, 5.41) is 21.5. The Labute approximate surface area is 246 Å². The zero-order chi connectivity index (χ0) is 29.9. The molecule has 218 valence electrons. The molecule has 7 nitrogen and oxygen atoms in total. The van der Waals surface area contributed by atoms with Gasteiger partial charge in [0.1, 0.15) is 12.6 Å². The fraction of sp³-hybridized carbons (Fsp3) is 0.257. The summed E-state index contributed by atoms with van der Waals surface area (Å²) in [5.74, 6) is -0.932. The number of carbonyl (C=O) groups excluding carboxylic acids is 1. The zero-order valence-corrected chi connectivity index (χ0v) is 23.9. The number of benzene rings is 4. The number of amides is 1. The average Bonchev–Trinajstić information content (AvgIpc) is 3.33. The lowest BCUT2D eigenvalue weighted by atomic mass is 9.98. The molecule has 0 radical (unpaired) electrons. The highest BCUT2D eigenvalue weighted by atomic mass is 16.6. The Morgan fingerprint density at radius 1 is 0.786 bits per heavy atom. The molecule has 3 N–H and O–H groups in total. The number of carbonyl (C=O) groups is 2. The highest BCUT2D eigenvalue weighted by Crippen LogP contribution is 2.44. The number of fused-ring (bicyclic) bond motifs is 3. The number of aliphatic hydroxyl groups is 1. The second kappa shape index (κ2) is 15.0. The smallest absolute Gasteiger partial charge is 0.407 e. The van der Waals surface area contributed by atoms with Gasteiger partial charge in [-0.25, -0.2) is 9.59 Å². The van der Waals surface area contributed by atoms with Crippen LogP contribution in [0.4, 0.5) is 4.79 Å². The summed E-state index contributed by atoms with van der Waals surface area (Å²) in [6, 6.07) is 34.4. The van der Waals surface area contributed by atoms with Crippen molar-refractivity contribution in [1.29, 1.82) is 0 Å². The van der Waals surface area contributed by atoms with E-state index in [-0.39, 0.29) is 18.4 Å². The number of alkyl carbamates (subject to hydrolysis) is 1. The molecule has 1 amide bonds. The number of carboxylic acid groups (broad SMARTS) is 1. The van der Waals surface area contributed by atoms with Crippen LogP contribution in [0.25, 0.3) is 11.1 Å². The van der Waals surface area contributed by atoms with Gasteiger partial charge in [0.2, 0.25) is 0 Å². The van der Waals surface area contributed by atoms with Crippen molar-refractivity contribution in [2.75, 3.05) is 6.61 Å². The fourth-order valence-electron chi connectivity index (χ4n) is 4.94. The minimum atomic E-state index is -1.05. The number of nitrogens with one attached hydrogen (secondary N) is 1. The van der Waals surface area contributed by atoms with Crippen LogP contribution in [0.15, 0.2) is 109 Å². The Kier molecular flexibility index (Phi) is 10.9. The van der Waals surface area contributed by atoms with Gasteiger partial charge in [-0.1, -0.05) is 123 Å². The minimum Gasteiger partial charge on any atom is -0.480 e. The molecule has 1 aliphatic rings. The summed E-state index contributed by atoms with van der Waals surface area (Å²) in [7, 11) is 0. The van der Waals surface area contributed by atoms with Crippen LogP contribution in [0, 0.1) is 5.92 Å². The SMILES string of the molecule is CC(C)C[C@H](NC(=O)OCC1c2ccccc2-c2ccccc21)C(=O)O.OC(OCc1ccccc1)c1ccccc1. The van der Waals surface area contributed by atoms with Crippen LogP contribution in [0.2, 0.25) is 0 Å². The van der Waals surface area contributed by atoms with Crippen LogP contribution in [-0.4, -0.2) is 34.9 Å². The van der Waals surface area contributed by atoms with Crippen LogP contribution in [-0.2, 0) is 20.9 Å². The third kappa shape index (κ3) is 8.28. The van der Waals surface area contributed by atoms with Crippen molar-refractivity contribution in [2.24, 2.45) is 5.92 Å². The molecular formula is C35H37NO6. The molecule has 1 unspecified atom stereocenters. The monoisotopic (exact) mass is 567 g/mol. The molecule has 0 saturated carbocycles. The molecule has 2 atom stereocenters. The average molecular weight is 568 g/mol. The maximum Gasteiger partial charge on any atom is 0.407 e. The first-order valence-corrected chi connectivity index (χ1v) is 14.1. The van der Waals surface area contributed by atoms with E-state index in [0.29, 0.717) is 13.0 Å². The topological polar surface area (TPSA) is 105 Å². The van der Waals surface area contributed by atoms with Crippen LogP contribution in [0.5, 0.6) is 0 Å². The molecule has 4 aromatic rings. The third-order valence-electron chi connectivity index (χ3n) is 6.98. The summed E-state index contributed by atoms with van der Waals surface area (Å²) in [4.78, 5) is 23.4. The molecule has 7 heteroatoms. The molecule has 0 aliphatic heterocycles. The summed E-state index contributed by atoms with van der Waals surface area (Å²) in [6.45, 7) is 4.41. The zero-order valence-electron chi connectivity index (χ0n) is 23.9. The van der Waals surface area contributed by atoms with Crippen molar-refractivity contribution in [3.05, 3.63) is 131 Å². The number of aliphatic hydroxyl groups excluding tert-OH is 1. The Morgan fingerprint density at radius 3 is 1.86 bits per heavy atom. The van der Waals surface area contributed by atoms with Gasteiger partial charge >= 0.3 is 12.1 Å². The summed E-state index contributed by atoms with van der Waals surface area (Å²) >= 11 is 0. The second-order valence-corrected chi connectivity index (χ2v) is 10.5. The lowest BCUT2D eigenvalue weighted by Crippen LogP contribution is -2.42. The van der Waals surface area contributed by atoms with E-state index in [2.05, 4.69) is 17.4 Å². The number of hydrogen-bond donors (Lipinski definition) is 3. The van der Waals surface area contributed by atoms with Gasteiger partial charge in [-0.15, -0.1) is 0 Å². The summed E-state index contributed by atoms with van der Waals surface area (Å²) < 4.78 is 10.8. The molecular weight excluding hydrogens is 530 g/mol. The summed E-state index contributed by atoms with van der Waals surface area (Å²) in [6.07, 6.45) is -1.19. The number of carboxylic acids is 1. The van der Waals surface area contributed by atoms with Gasteiger partial charge in [0, 0.05) is 11.5 Å². The number of hydrogen-bond acceptors (Lipinski definition) is 5. The lowest BCUT2D eigenvalue weighted by molar-refractivity contribution is -0.139. The van der Waals surface area contributed by atoms with E-state index in [1.165, 1.54) is 0 Å². The van der Waals surface area contributed by atoms with Crippen molar-refractivity contribution in [2.45, 2.75) is 45.1 Å². The largest absolute Gasteiger partial charge is 0.480 e. The molecule has 5 rings (SSSR count). The predicted molar refractivity (Wildman–Crippen MR) is 162 cm³/mol. The first-order valence-electron chi connectivity index (χ1n) is 14.1. The highest BCUT2D eigenvalue weighted by molar-refractivity contribution is 5.81. The van der Waals surface area contributed by atoms with Gasteiger partial charge in [-0.3, -0.25) is 0 Å². The van der Waals surface area contributed by atoms with Crippen molar-refractivity contribution in [3.63, 3.8) is 0 Å². The number of ether oxygens (including phenoxy) is 2. The van der Waals surface area contributed by atoms with Crippen molar-refractivity contribution in [1.82, 2.24) is 5.32 Å². The van der Waals surface area contributed by atoms with E-state index in [4.69, 9.17) is 9.47 Å². The second-order valence-electron chi connectivity index (χ2n) is 10.5. The molecule has 4 aromatic carbocycles. The van der Waals surface area contributed by atoms with E-state index in [9.17, 15) is 19.8 Å². The Hall–Kier alpha value is -4.46. The molecule has 1 aliphatic carbocycles. The quantitative estimate of drug-likeness (QED) is 0.180. The van der Waals surface area contributed by atoms with E-state index in [1.54, 1.807) is 0 Å². The lowest BCUT2D eigenvalue weighted by Gasteiger charge is -2.18.